The van der Waals surface area contributed by atoms with Crippen LogP contribution in [0.5, 0.6) is 0 Å². The molecule has 0 radical (unpaired) electrons. The van der Waals surface area contributed by atoms with E-state index in [4.69, 9.17) is 4.42 Å². The zero-order valence-electron chi connectivity index (χ0n) is 8.45. The van der Waals surface area contributed by atoms with E-state index in [2.05, 4.69) is 26.1 Å². The lowest BCUT2D eigenvalue weighted by molar-refractivity contribution is 0.0876. The fourth-order valence-electron chi connectivity index (χ4n) is 1.74. The van der Waals surface area contributed by atoms with Crippen LogP contribution in [0.3, 0.4) is 0 Å². The smallest absolute Gasteiger partial charge is 0.169 e. The predicted molar refractivity (Wildman–Crippen MR) is 60.7 cm³/mol. The third-order valence-corrected chi connectivity index (χ3v) is 2.99. The highest BCUT2D eigenvalue weighted by Crippen LogP contribution is 2.21. The fraction of sp³-hybridized carbons (Fsp3) is 0.600. The second kappa shape index (κ2) is 5.12. The third-order valence-electron chi connectivity index (χ3n) is 2.56. The highest BCUT2D eigenvalue weighted by Gasteiger charge is 2.17. The molecule has 1 unspecified atom stereocenters. The Bertz CT molecular complexity index is 310. The summed E-state index contributed by atoms with van der Waals surface area (Å²) in [5, 5.41) is 13.2. The summed E-state index contributed by atoms with van der Waals surface area (Å²) >= 11 is 3.22. The normalized spacial score (nSPS) is 20.4. The van der Waals surface area contributed by atoms with E-state index in [9.17, 15) is 5.11 Å². The maximum absolute atomic E-state index is 9.91. The first-order valence-corrected chi connectivity index (χ1v) is 5.91. The summed E-state index contributed by atoms with van der Waals surface area (Å²) in [6, 6.07) is 3.60. The van der Waals surface area contributed by atoms with Crippen LogP contribution in [0, 0.1) is 0 Å². The van der Waals surface area contributed by atoms with Crippen molar-refractivity contribution in [2.24, 2.45) is 0 Å². The Labute approximate surface area is 97.4 Å². The highest BCUT2D eigenvalue weighted by atomic mass is 79.9. The number of halogens is 1. The highest BCUT2D eigenvalue weighted by molar-refractivity contribution is 9.10. The van der Waals surface area contributed by atoms with Crippen LogP contribution in [-0.2, 0) is 0 Å². The monoisotopic (exact) mass is 274 g/mol. The Morgan fingerprint density at radius 1 is 1.47 bits per heavy atom. The number of aliphatic hydroxyl groups is 1. The Kier molecular flexibility index (Phi) is 3.80. The van der Waals surface area contributed by atoms with Crippen LogP contribution < -0.4 is 5.32 Å². The van der Waals surface area contributed by atoms with Crippen LogP contribution >= 0.6 is 15.9 Å². The molecule has 5 heteroatoms. The molecular formula is C10H15BrN2O2. The first-order chi connectivity index (χ1) is 7.25. The Balaban J connectivity index is 1.88. The van der Waals surface area contributed by atoms with E-state index in [1.54, 1.807) is 12.1 Å². The summed E-state index contributed by atoms with van der Waals surface area (Å²) in [5.41, 5.74) is 0. The van der Waals surface area contributed by atoms with Gasteiger partial charge in [-0.15, -0.1) is 0 Å². The molecule has 1 atom stereocenters. The molecule has 0 spiro atoms. The number of hydrogen-bond donors (Lipinski definition) is 2. The van der Waals surface area contributed by atoms with E-state index in [0.29, 0.717) is 17.0 Å². The summed E-state index contributed by atoms with van der Waals surface area (Å²) < 4.78 is 5.97. The fourth-order valence-corrected chi connectivity index (χ4v) is 2.05. The first kappa shape index (κ1) is 11.1. The lowest BCUT2D eigenvalue weighted by Gasteiger charge is -2.28. The maximum atomic E-state index is 9.91. The lowest BCUT2D eigenvalue weighted by atomic mass is 10.2. The number of hydrogen-bond acceptors (Lipinski definition) is 4. The average Bonchev–Trinajstić information content (AvgIpc) is 2.66. The van der Waals surface area contributed by atoms with Gasteiger partial charge in [0.2, 0.25) is 0 Å². The Morgan fingerprint density at radius 2 is 2.20 bits per heavy atom. The van der Waals surface area contributed by atoms with Crippen molar-refractivity contribution in [3.63, 3.8) is 0 Å². The van der Waals surface area contributed by atoms with Gasteiger partial charge in [0.05, 0.1) is 0 Å². The van der Waals surface area contributed by atoms with Crippen molar-refractivity contribution < 1.29 is 9.52 Å². The van der Waals surface area contributed by atoms with E-state index in [-0.39, 0.29) is 0 Å². The van der Waals surface area contributed by atoms with Crippen LogP contribution in [0.1, 0.15) is 11.9 Å². The van der Waals surface area contributed by atoms with Gasteiger partial charge in [0.15, 0.2) is 4.67 Å². The molecule has 0 aliphatic carbocycles. The van der Waals surface area contributed by atoms with Gasteiger partial charge >= 0.3 is 0 Å². The topological polar surface area (TPSA) is 48.6 Å². The summed E-state index contributed by atoms with van der Waals surface area (Å²) in [6.45, 7) is 4.60. The van der Waals surface area contributed by atoms with Gasteiger partial charge in [-0.2, -0.15) is 0 Å². The molecule has 2 N–H and O–H groups in total. The summed E-state index contributed by atoms with van der Waals surface area (Å²) in [7, 11) is 0. The number of nitrogens with zero attached hydrogens (tertiary/aromatic N) is 1. The van der Waals surface area contributed by atoms with Crippen molar-refractivity contribution in [3.8, 4) is 0 Å². The third kappa shape index (κ3) is 3.04. The molecule has 4 nitrogen and oxygen atoms in total. The number of piperazine rings is 1. The van der Waals surface area contributed by atoms with Crippen LogP contribution in [0.15, 0.2) is 21.2 Å². The lowest BCUT2D eigenvalue weighted by Crippen LogP contribution is -2.44. The maximum Gasteiger partial charge on any atom is 0.169 e. The van der Waals surface area contributed by atoms with Crippen molar-refractivity contribution in [2.45, 2.75) is 6.10 Å². The molecule has 0 aromatic carbocycles. The zero-order valence-corrected chi connectivity index (χ0v) is 10.0. The number of β-amino-alcohol motifs (C(OH)–C–C–N with tert-alkyl or cyclic N) is 1. The molecule has 1 saturated heterocycles. The number of nitrogens with one attached hydrogen (secondary N) is 1. The summed E-state index contributed by atoms with van der Waals surface area (Å²) in [5.74, 6) is 0.625. The molecule has 0 saturated carbocycles. The van der Waals surface area contributed by atoms with Gasteiger partial charge in [0, 0.05) is 32.7 Å². The van der Waals surface area contributed by atoms with Gasteiger partial charge in [-0.1, -0.05) is 0 Å². The van der Waals surface area contributed by atoms with Gasteiger partial charge in [-0.05, 0) is 28.1 Å². The van der Waals surface area contributed by atoms with Gasteiger partial charge in [0.1, 0.15) is 11.9 Å². The molecule has 1 aliphatic heterocycles. The number of aliphatic hydroxyl groups excluding tert-OH is 1. The van der Waals surface area contributed by atoms with Crippen molar-refractivity contribution >= 4 is 15.9 Å². The summed E-state index contributed by atoms with van der Waals surface area (Å²) in [4.78, 5) is 2.23. The van der Waals surface area contributed by atoms with E-state index < -0.39 is 6.10 Å². The quantitative estimate of drug-likeness (QED) is 0.863. The van der Waals surface area contributed by atoms with E-state index in [1.807, 2.05) is 0 Å². The standard InChI is InChI=1S/C10H15BrN2O2/c11-10-2-1-9(15-10)8(14)7-13-5-3-12-4-6-13/h1-2,8,12,14H,3-7H2. The van der Waals surface area contributed by atoms with Crippen LogP contribution in [0.2, 0.25) is 0 Å². The van der Waals surface area contributed by atoms with Gasteiger partial charge < -0.3 is 14.8 Å². The largest absolute Gasteiger partial charge is 0.452 e. The molecule has 84 valence electrons. The molecule has 1 aromatic rings. The molecular weight excluding hydrogens is 260 g/mol. The van der Waals surface area contributed by atoms with Gasteiger partial charge in [-0.25, -0.2) is 0 Å². The molecule has 15 heavy (non-hydrogen) atoms. The molecule has 1 aliphatic rings. The Morgan fingerprint density at radius 3 is 2.80 bits per heavy atom. The minimum Gasteiger partial charge on any atom is -0.452 e. The molecule has 1 aromatic heterocycles. The minimum atomic E-state index is -0.533. The molecule has 2 heterocycles. The second-order valence-electron chi connectivity index (χ2n) is 3.71. The molecule has 1 fully saturated rings. The van der Waals surface area contributed by atoms with Gasteiger partial charge in [0.25, 0.3) is 0 Å². The molecule has 0 bridgehead atoms. The van der Waals surface area contributed by atoms with Crippen LogP contribution in [0.4, 0.5) is 0 Å². The summed E-state index contributed by atoms with van der Waals surface area (Å²) in [6.07, 6.45) is -0.533. The van der Waals surface area contributed by atoms with Gasteiger partial charge in [-0.3, -0.25) is 4.90 Å². The number of rotatable bonds is 3. The molecule has 0 amide bonds. The zero-order chi connectivity index (χ0) is 10.7. The SMILES string of the molecule is OC(CN1CCNCC1)c1ccc(Br)o1. The van der Waals surface area contributed by atoms with Crippen LogP contribution in [0.25, 0.3) is 0 Å². The predicted octanol–water partition coefficient (Wildman–Crippen LogP) is 0.981. The number of furan rings is 1. The van der Waals surface area contributed by atoms with Crippen molar-refractivity contribution in [2.75, 3.05) is 32.7 Å². The van der Waals surface area contributed by atoms with Crippen molar-refractivity contribution in [1.82, 2.24) is 10.2 Å². The van der Waals surface area contributed by atoms with E-state index in [1.165, 1.54) is 0 Å². The van der Waals surface area contributed by atoms with Crippen molar-refractivity contribution in [3.05, 3.63) is 22.6 Å². The minimum absolute atomic E-state index is 0.533. The van der Waals surface area contributed by atoms with Crippen molar-refractivity contribution in [1.29, 1.82) is 0 Å². The molecule has 2 rings (SSSR count). The van der Waals surface area contributed by atoms with Crippen LogP contribution in [-0.4, -0.2) is 42.7 Å². The average molecular weight is 275 g/mol. The van der Waals surface area contributed by atoms with E-state index >= 15 is 0 Å². The Hall–Kier alpha value is -0.360. The first-order valence-electron chi connectivity index (χ1n) is 5.12. The van der Waals surface area contributed by atoms with E-state index in [0.717, 1.165) is 26.2 Å². The second-order valence-corrected chi connectivity index (χ2v) is 4.49.